The lowest BCUT2D eigenvalue weighted by Gasteiger charge is -2.33. The molecule has 21 heavy (non-hydrogen) atoms. The Morgan fingerprint density at radius 3 is 2.57 bits per heavy atom. The molecule has 1 atom stereocenters. The van der Waals surface area contributed by atoms with E-state index in [1.165, 1.54) is 36.8 Å². The molecule has 1 aromatic rings. The SMILES string of the molecule is COC1CCC(C2C=C(c3c(C)noc3C)C=CC2)CC1. The largest absolute Gasteiger partial charge is 0.381 e. The zero-order valence-corrected chi connectivity index (χ0v) is 13.3. The maximum Gasteiger partial charge on any atom is 0.141 e. The fraction of sp³-hybridized carbons (Fsp3) is 0.611. The summed E-state index contributed by atoms with van der Waals surface area (Å²) in [6, 6.07) is 0. The summed E-state index contributed by atoms with van der Waals surface area (Å²) in [4.78, 5) is 0. The summed E-state index contributed by atoms with van der Waals surface area (Å²) < 4.78 is 10.8. The van der Waals surface area contributed by atoms with Crippen molar-refractivity contribution in [1.29, 1.82) is 0 Å². The second-order valence-electron chi connectivity index (χ2n) is 6.40. The highest BCUT2D eigenvalue weighted by atomic mass is 16.5. The van der Waals surface area contributed by atoms with Gasteiger partial charge in [0.1, 0.15) is 5.76 Å². The van der Waals surface area contributed by atoms with E-state index in [0.717, 1.165) is 23.8 Å². The molecule has 1 fully saturated rings. The monoisotopic (exact) mass is 287 g/mol. The van der Waals surface area contributed by atoms with Crippen LogP contribution in [-0.2, 0) is 4.74 Å². The van der Waals surface area contributed by atoms with E-state index in [2.05, 4.69) is 23.4 Å². The van der Waals surface area contributed by atoms with Crippen molar-refractivity contribution in [3.05, 3.63) is 35.2 Å². The summed E-state index contributed by atoms with van der Waals surface area (Å²) in [5.41, 5.74) is 3.46. The first-order chi connectivity index (χ1) is 10.2. The summed E-state index contributed by atoms with van der Waals surface area (Å²) >= 11 is 0. The number of ether oxygens (including phenoxy) is 1. The summed E-state index contributed by atoms with van der Waals surface area (Å²) in [6.07, 6.45) is 13.6. The standard InChI is InChI=1S/C18H25NO2/c1-12-18(13(2)21-19-12)16-6-4-5-15(11-16)14-7-9-17(20-3)10-8-14/h4,6,11,14-15,17H,5,7-10H2,1-3H3. The highest BCUT2D eigenvalue weighted by molar-refractivity contribution is 5.77. The van der Waals surface area contributed by atoms with Gasteiger partial charge in [0.2, 0.25) is 0 Å². The van der Waals surface area contributed by atoms with Gasteiger partial charge >= 0.3 is 0 Å². The average Bonchev–Trinajstić information content (AvgIpc) is 2.86. The number of nitrogens with zero attached hydrogens (tertiary/aromatic N) is 1. The second-order valence-corrected chi connectivity index (χ2v) is 6.40. The van der Waals surface area contributed by atoms with E-state index in [4.69, 9.17) is 9.26 Å². The van der Waals surface area contributed by atoms with Crippen LogP contribution in [0.5, 0.6) is 0 Å². The number of methoxy groups -OCH3 is 1. The van der Waals surface area contributed by atoms with Crippen LogP contribution in [0.25, 0.3) is 5.57 Å². The Kier molecular flexibility index (Phi) is 4.29. The van der Waals surface area contributed by atoms with Gasteiger partial charge in [0.05, 0.1) is 11.8 Å². The molecule has 1 unspecified atom stereocenters. The van der Waals surface area contributed by atoms with Gasteiger partial charge in [-0.15, -0.1) is 0 Å². The van der Waals surface area contributed by atoms with Crippen molar-refractivity contribution in [3.8, 4) is 0 Å². The third-order valence-electron chi connectivity index (χ3n) is 5.08. The highest BCUT2D eigenvalue weighted by Gasteiger charge is 2.27. The van der Waals surface area contributed by atoms with Crippen molar-refractivity contribution in [2.24, 2.45) is 11.8 Å². The number of allylic oxidation sites excluding steroid dienone is 4. The van der Waals surface area contributed by atoms with Gasteiger partial charge < -0.3 is 9.26 Å². The zero-order chi connectivity index (χ0) is 14.8. The molecule has 0 aromatic carbocycles. The number of rotatable bonds is 3. The van der Waals surface area contributed by atoms with Gasteiger partial charge in [-0.3, -0.25) is 0 Å². The minimum atomic E-state index is 0.478. The van der Waals surface area contributed by atoms with Crippen LogP contribution in [0, 0.1) is 25.7 Å². The second kappa shape index (κ2) is 6.18. The lowest BCUT2D eigenvalue weighted by molar-refractivity contribution is 0.0504. The minimum absolute atomic E-state index is 0.478. The van der Waals surface area contributed by atoms with Crippen LogP contribution in [0.15, 0.2) is 22.8 Å². The first-order valence-corrected chi connectivity index (χ1v) is 8.03. The summed E-state index contributed by atoms with van der Waals surface area (Å²) in [7, 11) is 1.84. The first-order valence-electron chi connectivity index (χ1n) is 8.03. The minimum Gasteiger partial charge on any atom is -0.381 e. The fourth-order valence-electron chi connectivity index (χ4n) is 3.85. The maximum absolute atomic E-state index is 5.49. The maximum atomic E-state index is 5.49. The van der Waals surface area contributed by atoms with Gasteiger partial charge in [-0.05, 0) is 63.4 Å². The highest BCUT2D eigenvalue weighted by Crippen LogP contribution is 2.38. The van der Waals surface area contributed by atoms with Crippen LogP contribution < -0.4 is 0 Å². The smallest absolute Gasteiger partial charge is 0.141 e. The van der Waals surface area contributed by atoms with Crippen LogP contribution in [0.2, 0.25) is 0 Å². The van der Waals surface area contributed by atoms with Crippen molar-refractivity contribution in [2.45, 2.75) is 52.1 Å². The predicted octanol–water partition coefficient (Wildman–Crippen LogP) is 4.46. The number of hydrogen-bond acceptors (Lipinski definition) is 3. The molecule has 0 amide bonds. The fourth-order valence-corrected chi connectivity index (χ4v) is 3.85. The van der Waals surface area contributed by atoms with E-state index in [9.17, 15) is 0 Å². The van der Waals surface area contributed by atoms with E-state index in [0.29, 0.717) is 12.0 Å². The number of aryl methyl sites for hydroxylation is 2. The van der Waals surface area contributed by atoms with Crippen molar-refractivity contribution < 1.29 is 9.26 Å². The molecule has 0 spiro atoms. The molecule has 0 bridgehead atoms. The lowest BCUT2D eigenvalue weighted by Crippen LogP contribution is -2.25. The Morgan fingerprint density at radius 1 is 1.19 bits per heavy atom. The average molecular weight is 287 g/mol. The van der Waals surface area contributed by atoms with Crippen LogP contribution in [0.3, 0.4) is 0 Å². The molecule has 0 aliphatic heterocycles. The van der Waals surface area contributed by atoms with Crippen molar-refractivity contribution in [2.75, 3.05) is 7.11 Å². The van der Waals surface area contributed by atoms with E-state index in [-0.39, 0.29) is 0 Å². The van der Waals surface area contributed by atoms with E-state index in [1.807, 2.05) is 21.0 Å². The van der Waals surface area contributed by atoms with Crippen LogP contribution in [0.1, 0.15) is 49.1 Å². The van der Waals surface area contributed by atoms with E-state index in [1.54, 1.807) is 0 Å². The lowest BCUT2D eigenvalue weighted by atomic mass is 9.75. The first kappa shape index (κ1) is 14.6. The van der Waals surface area contributed by atoms with Gasteiger partial charge in [-0.2, -0.15) is 0 Å². The number of hydrogen-bond donors (Lipinski definition) is 0. The third kappa shape index (κ3) is 2.98. The molecular weight excluding hydrogens is 262 g/mol. The predicted molar refractivity (Wildman–Crippen MR) is 84.0 cm³/mol. The molecule has 0 saturated heterocycles. The van der Waals surface area contributed by atoms with Crippen LogP contribution in [-0.4, -0.2) is 18.4 Å². The molecule has 1 saturated carbocycles. The molecule has 3 rings (SSSR count). The Balaban J connectivity index is 1.76. The van der Waals surface area contributed by atoms with Gasteiger partial charge in [-0.25, -0.2) is 0 Å². The summed E-state index contributed by atoms with van der Waals surface area (Å²) in [6.45, 7) is 4.02. The van der Waals surface area contributed by atoms with Gasteiger partial charge in [0, 0.05) is 12.7 Å². The van der Waals surface area contributed by atoms with Crippen LogP contribution >= 0.6 is 0 Å². The third-order valence-corrected chi connectivity index (χ3v) is 5.08. The Morgan fingerprint density at radius 2 is 1.95 bits per heavy atom. The van der Waals surface area contributed by atoms with Gasteiger partial charge in [0.25, 0.3) is 0 Å². The normalized spacial score (nSPS) is 29.5. The molecule has 2 aliphatic carbocycles. The van der Waals surface area contributed by atoms with Gasteiger partial charge in [0.15, 0.2) is 0 Å². The molecule has 1 aromatic heterocycles. The van der Waals surface area contributed by atoms with E-state index < -0.39 is 0 Å². The van der Waals surface area contributed by atoms with Gasteiger partial charge in [-0.1, -0.05) is 23.4 Å². The van der Waals surface area contributed by atoms with Crippen LogP contribution in [0.4, 0.5) is 0 Å². The van der Waals surface area contributed by atoms with Crippen molar-refractivity contribution >= 4 is 5.57 Å². The molecule has 3 heteroatoms. The molecule has 0 radical (unpaired) electrons. The molecule has 3 nitrogen and oxygen atoms in total. The molecule has 0 N–H and O–H groups in total. The molecule has 2 aliphatic rings. The molecular formula is C18H25NO2. The van der Waals surface area contributed by atoms with Crippen molar-refractivity contribution in [3.63, 3.8) is 0 Å². The topological polar surface area (TPSA) is 35.3 Å². The summed E-state index contributed by atoms with van der Waals surface area (Å²) in [5, 5.41) is 4.08. The molecule has 1 heterocycles. The summed E-state index contributed by atoms with van der Waals surface area (Å²) in [5.74, 6) is 2.36. The quantitative estimate of drug-likeness (QED) is 0.823. The van der Waals surface area contributed by atoms with E-state index >= 15 is 0 Å². The Labute approximate surface area is 127 Å². The number of aromatic nitrogens is 1. The Hall–Kier alpha value is -1.35. The zero-order valence-electron chi connectivity index (χ0n) is 13.3. The van der Waals surface area contributed by atoms with Crippen molar-refractivity contribution in [1.82, 2.24) is 5.16 Å². The Bertz CT molecular complexity index is 528. The molecule has 114 valence electrons.